The first kappa shape index (κ1) is 13.2. The summed E-state index contributed by atoms with van der Waals surface area (Å²) in [6.45, 7) is 3.85. The van der Waals surface area contributed by atoms with E-state index in [1.807, 2.05) is 0 Å². The van der Waals surface area contributed by atoms with Crippen LogP contribution in [0, 0.1) is 0 Å². The smallest absolute Gasteiger partial charge is 0.179 e. The molecule has 16 heavy (non-hydrogen) atoms. The van der Waals surface area contributed by atoms with Gasteiger partial charge in [-0.2, -0.15) is 0 Å². The van der Waals surface area contributed by atoms with Crippen molar-refractivity contribution < 1.29 is 9.90 Å². The maximum absolute atomic E-state index is 11.9. The van der Waals surface area contributed by atoms with Crippen molar-refractivity contribution in [3.8, 4) is 0 Å². The van der Waals surface area contributed by atoms with Gasteiger partial charge in [0.25, 0.3) is 0 Å². The molecule has 0 heterocycles. The van der Waals surface area contributed by atoms with E-state index >= 15 is 0 Å². The highest BCUT2D eigenvalue weighted by Crippen LogP contribution is 2.11. The number of Topliss-reactive ketones (excluding diaryl/α,β-unsaturated/α-hetero) is 1. The molecule has 88 valence electrons. The molecule has 0 aromatic heterocycles. The zero-order valence-electron chi connectivity index (χ0n) is 9.40. The lowest BCUT2D eigenvalue weighted by atomic mass is 10.1. The van der Waals surface area contributed by atoms with Crippen molar-refractivity contribution in [3.63, 3.8) is 0 Å². The highest BCUT2D eigenvalue weighted by atomic mass is 35.5. The second-order valence-electron chi connectivity index (χ2n) is 3.85. The Kier molecular flexibility index (Phi) is 4.93. The van der Waals surface area contributed by atoms with Gasteiger partial charge in [0.2, 0.25) is 0 Å². The first-order valence-corrected chi connectivity index (χ1v) is 5.59. The fraction of sp³-hybridized carbons (Fsp3) is 0.417. The number of benzene rings is 1. The van der Waals surface area contributed by atoms with Crippen LogP contribution < -0.4 is 5.32 Å². The molecule has 4 heteroatoms. The molecule has 0 aliphatic heterocycles. The van der Waals surface area contributed by atoms with Crippen molar-refractivity contribution in [3.05, 3.63) is 34.9 Å². The van der Waals surface area contributed by atoms with Crippen LogP contribution in [0.4, 0.5) is 0 Å². The van der Waals surface area contributed by atoms with E-state index in [0.29, 0.717) is 17.1 Å². The maximum Gasteiger partial charge on any atom is 0.179 e. The number of hydrogen-bond donors (Lipinski definition) is 2. The summed E-state index contributed by atoms with van der Waals surface area (Å²) in [6, 6.07) is 6.47. The van der Waals surface area contributed by atoms with Gasteiger partial charge >= 0.3 is 0 Å². The third-order valence-corrected chi connectivity index (χ3v) is 2.49. The molecule has 1 aromatic carbocycles. The quantitative estimate of drug-likeness (QED) is 0.774. The SMILES string of the molecule is CC(O)CNC(C)C(=O)c1ccc(Cl)cc1. The molecule has 0 radical (unpaired) electrons. The molecule has 0 saturated heterocycles. The summed E-state index contributed by atoms with van der Waals surface area (Å²) in [5.41, 5.74) is 0.620. The minimum atomic E-state index is -0.458. The van der Waals surface area contributed by atoms with Gasteiger partial charge in [-0.3, -0.25) is 4.79 Å². The molecule has 3 nitrogen and oxygen atoms in total. The number of aliphatic hydroxyl groups is 1. The van der Waals surface area contributed by atoms with Crippen LogP contribution >= 0.6 is 11.6 Å². The predicted octanol–water partition coefficient (Wildman–Crippen LogP) is 1.88. The average molecular weight is 242 g/mol. The van der Waals surface area contributed by atoms with E-state index in [2.05, 4.69) is 5.32 Å². The molecule has 2 unspecified atom stereocenters. The molecular weight excluding hydrogens is 226 g/mol. The lowest BCUT2D eigenvalue weighted by Crippen LogP contribution is -2.38. The van der Waals surface area contributed by atoms with E-state index in [9.17, 15) is 4.79 Å². The molecule has 2 N–H and O–H groups in total. The summed E-state index contributed by atoms with van der Waals surface area (Å²) in [6.07, 6.45) is -0.458. The number of nitrogens with one attached hydrogen (secondary N) is 1. The molecule has 0 aliphatic carbocycles. The fourth-order valence-corrected chi connectivity index (χ4v) is 1.43. The monoisotopic (exact) mass is 241 g/mol. The van der Waals surface area contributed by atoms with Crippen LogP contribution in [-0.2, 0) is 0 Å². The Labute approximate surface area is 100 Å². The minimum Gasteiger partial charge on any atom is -0.392 e. The molecule has 1 aromatic rings. The van der Waals surface area contributed by atoms with E-state index in [-0.39, 0.29) is 11.8 Å². The van der Waals surface area contributed by atoms with Crippen molar-refractivity contribution >= 4 is 17.4 Å². The Morgan fingerprint density at radius 3 is 2.44 bits per heavy atom. The van der Waals surface area contributed by atoms with Crippen LogP contribution in [0.2, 0.25) is 5.02 Å². The molecule has 0 saturated carbocycles. The van der Waals surface area contributed by atoms with E-state index < -0.39 is 6.10 Å². The number of carbonyl (C=O) groups excluding carboxylic acids is 1. The highest BCUT2D eigenvalue weighted by molar-refractivity contribution is 6.30. The van der Waals surface area contributed by atoms with Crippen molar-refractivity contribution in [2.45, 2.75) is 26.0 Å². The van der Waals surface area contributed by atoms with Crippen LogP contribution in [0.1, 0.15) is 24.2 Å². The van der Waals surface area contributed by atoms with Gasteiger partial charge in [-0.05, 0) is 38.1 Å². The van der Waals surface area contributed by atoms with Gasteiger partial charge < -0.3 is 10.4 Å². The van der Waals surface area contributed by atoms with Crippen LogP contribution in [0.5, 0.6) is 0 Å². The summed E-state index contributed by atoms with van der Waals surface area (Å²) < 4.78 is 0. The Hall–Kier alpha value is -0.900. The van der Waals surface area contributed by atoms with E-state index in [0.717, 1.165) is 0 Å². The van der Waals surface area contributed by atoms with Gasteiger partial charge in [0.05, 0.1) is 12.1 Å². The Balaban J connectivity index is 2.60. The second kappa shape index (κ2) is 5.99. The highest BCUT2D eigenvalue weighted by Gasteiger charge is 2.14. The van der Waals surface area contributed by atoms with E-state index in [1.54, 1.807) is 38.1 Å². The number of rotatable bonds is 5. The molecule has 0 amide bonds. The first-order chi connectivity index (χ1) is 7.50. The van der Waals surface area contributed by atoms with Crippen LogP contribution in [0.3, 0.4) is 0 Å². The summed E-state index contributed by atoms with van der Waals surface area (Å²) in [5, 5.41) is 12.7. The molecule has 0 fully saturated rings. The number of aliphatic hydroxyl groups excluding tert-OH is 1. The summed E-state index contributed by atoms with van der Waals surface area (Å²) >= 11 is 5.74. The minimum absolute atomic E-state index is 0.00248. The molecular formula is C12H16ClNO2. The number of ketones is 1. The van der Waals surface area contributed by atoms with E-state index in [4.69, 9.17) is 16.7 Å². The topological polar surface area (TPSA) is 49.3 Å². The van der Waals surface area contributed by atoms with Gasteiger partial charge in [-0.15, -0.1) is 0 Å². The molecule has 2 atom stereocenters. The fourth-order valence-electron chi connectivity index (χ4n) is 1.30. The van der Waals surface area contributed by atoms with Crippen molar-refractivity contribution in [2.75, 3.05) is 6.54 Å². The van der Waals surface area contributed by atoms with Gasteiger partial charge in [-0.25, -0.2) is 0 Å². The second-order valence-corrected chi connectivity index (χ2v) is 4.29. The summed E-state index contributed by atoms with van der Waals surface area (Å²) in [5.74, 6) is -0.00248. The Bertz CT molecular complexity index is 349. The molecule has 0 aliphatic rings. The van der Waals surface area contributed by atoms with Gasteiger partial charge in [0, 0.05) is 17.1 Å². The normalized spacial score (nSPS) is 14.5. The Morgan fingerprint density at radius 1 is 1.38 bits per heavy atom. The number of halogens is 1. The first-order valence-electron chi connectivity index (χ1n) is 5.22. The summed E-state index contributed by atoms with van der Waals surface area (Å²) in [7, 11) is 0. The van der Waals surface area contributed by atoms with E-state index in [1.165, 1.54) is 0 Å². The van der Waals surface area contributed by atoms with Crippen LogP contribution in [-0.4, -0.2) is 29.6 Å². The lowest BCUT2D eigenvalue weighted by Gasteiger charge is -2.14. The lowest BCUT2D eigenvalue weighted by molar-refractivity contribution is 0.0941. The van der Waals surface area contributed by atoms with Gasteiger partial charge in [-0.1, -0.05) is 11.6 Å². The van der Waals surface area contributed by atoms with Crippen molar-refractivity contribution in [2.24, 2.45) is 0 Å². The average Bonchev–Trinajstić information content (AvgIpc) is 2.26. The molecule has 0 bridgehead atoms. The zero-order valence-corrected chi connectivity index (χ0v) is 10.2. The maximum atomic E-state index is 11.9. The third kappa shape index (κ3) is 3.93. The molecule has 1 rings (SSSR count). The van der Waals surface area contributed by atoms with Gasteiger partial charge in [0.1, 0.15) is 0 Å². The standard InChI is InChI=1S/C12H16ClNO2/c1-8(15)7-14-9(2)12(16)10-3-5-11(13)6-4-10/h3-6,8-9,14-15H,7H2,1-2H3. The van der Waals surface area contributed by atoms with Crippen molar-refractivity contribution in [1.29, 1.82) is 0 Å². The van der Waals surface area contributed by atoms with Crippen LogP contribution in [0.25, 0.3) is 0 Å². The Morgan fingerprint density at radius 2 is 1.94 bits per heavy atom. The van der Waals surface area contributed by atoms with Crippen LogP contribution in [0.15, 0.2) is 24.3 Å². The number of hydrogen-bond acceptors (Lipinski definition) is 3. The summed E-state index contributed by atoms with van der Waals surface area (Å²) in [4.78, 5) is 11.9. The number of carbonyl (C=O) groups is 1. The predicted molar refractivity (Wildman–Crippen MR) is 64.9 cm³/mol. The largest absolute Gasteiger partial charge is 0.392 e. The van der Waals surface area contributed by atoms with Gasteiger partial charge in [0.15, 0.2) is 5.78 Å². The van der Waals surface area contributed by atoms with Crippen molar-refractivity contribution in [1.82, 2.24) is 5.32 Å². The molecule has 0 spiro atoms. The zero-order chi connectivity index (χ0) is 12.1. The third-order valence-electron chi connectivity index (χ3n) is 2.24.